The molecule has 3 N–H and O–H groups in total. The Balaban J connectivity index is 1.39. The summed E-state index contributed by atoms with van der Waals surface area (Å²) in [6, 6.07) is 11.1. The smallest absolute Gasteiger partial charge is 0.305 e. The summed E-state index contributed by atoms with van der Waals surface area (Å²) >= 11 is 17.8. The monoisotopic (exact) mass is 562 g/mol. The van der Waals surface area contributed by atoms with Crippen LogP contribution in [-0.2, 0) is 11.2 Å². The summed E-state index contributed by atoms with van der Waals surface area (Å²) in [7, 11) is 0. The minimum atomic E-state index is -0.646. The summed E-state index contributed by atoms with van der Waals surface area (Å²) in [5, 5.41) is 5.40. The van der Waals surface area contributed by atoms with E-state index in [1.807, 2.05) is 0 Å². The number of halogens is 3. The number of hydrogen-bond donors (Lipinski definition) is 3. The highest BCUT2D eigenvalue weighted by molar-refractivity contribution is 6.35. The number of furan rings is 1. The molecule has 4 rings (SSSR count). The van der Waals surface area contributed by atoms with Gasteiger partial charge in [-0.15, -0.1) is 0 Å². The van der Waals surface area contributed by atoms with Crippen LogP contribution < -0.4 is 21.0 Å². The van der Waals surface area contributed by atoms with E-state index in [9.17, 15) is 14.4 Å². The number of rotatable bonds is 6. The molecule has 2 aromatic carbocycles. The van der Waals surface area contributed by atoms with E-state index >= 15 is 0 Å². The Hall–Kier alpha value is -3.53. The van der Waals surface area contributed by atoms with Crippen molar-refractivity contribution in [3.05, 3.63) is 85.7 Å². The normalized spacial score (nSPS) is 13.6. The molecule has 1 aliphatic rings. The molecule has 1 heterocycles. The van der Waals surface area contributed by atoms with Crippen molar-refractivity contribution >= 4 is 58.2 Å². The molecular weight excluding hydrogens is 543 g/mol. The van der Waals surface area contributed by atoms with E-state index in [2.05, 4.69) is 21.4 Å². The molecular formula is C25H21Cl3N4O5. The number of benzene rings is 2. The molecule has 0 bridgehead atoms. The number of hydrogen-bond acceptors (Lipinski definition) is 6. The summed E-state index contributed by atoms with van der Waals surface area (Å²) in [5.74, 6) is -0.784. The van der Waals surface area contributed by atoms with Crippen LogP contribution in [-0.4, -0.2) is 30.0 Å². The van der Waals surface area contributed by atoms with E-state index in [1.54, 1.807) is 31.2 Å². The number of aryl methyl sites for hydroxylation is 1. The fourth-order valence-electron chi connectivity index (χ4n) is 3.76. The quantitative estimate of drug-likeness (QED) is 0.370. The number of hydrazine groups is 1. The molecule has 0 saturated carbocycles. The average molecular weight is 564 g/mol. The second-order valence-electron chi connectivity index (χ2n) is 8.08. The van der Waals surface area contributed by atoms with Gasteiger partial charge >= 0.3 is 5.91 Å². The van der Waals surface area contributed by atoms with Crippen molar-refractivity contribution in [2.75, 3.05) is 6.61 Å². The van der Waals surface area contributed by atoms with Gasteiger partial charge in [0.05, 0.1) is 10.7 Å². The first-order chi connectivity index (χ1) is 17.7. The van der Waals surface area contributed by atoms with E-state index in [0.29, 0.717) is 51.0 Å². The molecule has 3 amide bonds. The standard InChI is InChI=1S/C25H21Cl3N4O5/c1-13-22-18(29-31-24(34)14-4-2-5-15(26)10-14)6-3-7-20(22)37-23(13)25(35)32-30-21(33)12-36-19-9-8-16(27)11-17(19)28/h2,4-5,8-11H,3,6-7,12H2,1H3,(H,30,33)(H,31,34)(H,32,35)/b29-18+. The molecule has 0 unspecified atom stereocenters. The number of nitrogens with zero attached hydrogens (tertiary/aromatic N) is 1. The van der Waals surface area contributed by atoms with Gasteiger partial charge in [0.1, 0.15) is 11.5 Å². The number of carbonyl (C=O) groups is 3. The molecule has 0 fully saturated rings. The molecule has 37 heavy (non-hydrogen) atoms. The fourth-order valence-corrected chi connectivity index (χ4v) is 4.42. The topological polar surface area (TPSA) is 122 Å². The largest absolute Gasteiger partial charge is 0.482 e. The Morgan fingerprint density at radius 3 is 2.54 bits per heavy atom. The molecule has 0 aliphatic heterocycles. The van der Waals surface area contributed by atoms with Crippen molar-refractivity contribution in [3.8, 4) is 5.75 Å². The third-order valence-corrected chi connectivity index (χ3v) is 6.24. The maximum Gasteiger partial charge on any atom is 0.305 e. The first-order valence-electron chi connectivity index (χ1n) is 11.1. The van der Waals surface area contributed by atoms with Gasteiger partial charge in [-0.2, -0.15) is 5.10 Å². The molecule has 9 nitrogen and oxygen atoms in total. The SMILES string of the molecule is Cc1c(C(=O)NNC(=O)COc2ccc(Cl)cc2Cl)oc2c1/C(=N/NC(=O)c1cccc(Cl)c1)CCC2. The second-order valence-corrected chi connectivity index (χ2v) is 9.36. The van der Waals surface area contributed by atoms with Gasteiger partial charge in [-0.25, -0.2) is 5.43 Å². The van der Waals surface area contributed by atoms with Crippen molar-refractivity contribution in [1.82, 2.24) is 16.3 Å². The van der Waals surface area contributed by atoms with Gasteiger partial charge in [-0.1, -0.05) is 40.9 Å². The second kappa shape index (κ2) is 11.7. The Labute approximate surface area is 227 Å². The van der Waals surface area contributed by atoms with Crippen LogP contribution in [0.15, 0.2) is 52.0 Å². The van der Waals surface area contributed by atoms with Gasteiger partial charge in [0.15, 0.2) is 12.4 Å². The van der Waals surface area contributed by atoms with Gasteiger partial charge in [-0.3, -0.25) is 25.2 Å². The molecule has 12 heteroatoms. The third kappa shape index (κ3) is 6.43. The van der Waals surface area contributed by atoms with E-state index in [1.165, 1.54) is 18.2 Å². The first-order valence-corrected chi connectivity index (χ1v) is 12.3. The van der Waals surface area contributed by atoms with E-state index < -0.39 is 24.3 Å². The van der Waals surface area contributed by atoms with Gasteiger partial charge in [0.2, 0.25) is 0 Å². The van der Waals surface area contributed by atoms with Crippen LogP contribution in [0.3, 0.4) is 0 Å². The van der Waals surface area contributed by atoms with Crippen molar-refractivity contribution in [2.24, 2.45) is 5.10 Å². The zero-order chi connectivity index (χ0) is 26.5. The molecule has 0 radical (unpaired) electrons. The van der Waals surface area contributed by atoms with Crippen LogP contribution in [0.2, 0.25) is 15.1 Å². The Kier molecular flexibility index (Phi) is 8.38. The van der Waals surface area contributed by atoms with Crippen LogP contribution in [0, 0.1) is 6.92 Å². The lowest BCUT2D eigenvalue weighted by Crippen LogP contribution is -2.43. The molecule has 3 aromatic rings. The number of nitrogens with one attached hydrogen (secondary N) is 3. The Morgan fingerprint density at radius 1 is 1.00 bits per heavy atom. The number of fused-ring (bicyclic) bond motifs is 1. The maximum absolute atomic E-state index is 12.7. The molecule has 1 aliphatic carbocycles. The summed E-state index contributed by atoms with van der Waals surface area (Å²) in [4.78, 5) is 37.3. The number of carbonyl (C=O) groups excluding carboxylic acids is 3. The predicted octanol–water partition coefficient (Wildman–Crippen LogP) is 4.86. The lowest BCUT2D eigenvalue weighted by Gasteiger charge is -2.13. The summed E-state index contributed by atoms with van der Waals surface area (Å²) in [6.07, 6.45) is 1.92. The Morgan fingerprint density at radius 2 is 1.78 bits per heavy atom. The number of amides is 3. The fraction of sp³-hybridized carbons (Fsp3) is 0.200. The molecule has 0 saturated heterocycles. The molecule has 0 spiro atoms. The van der Waals surface area contributed by atoms with Crippen LogP contribution in [0.4, 0.5) is 0 Å². The van der Waals surface area contributed by atoms with Crippen molar-refractivity contribution in [2.45, 2.75) is 26.2 Å². The summed E-state index contributed by atoms with van der Waals surface area (Å²) in [5.41, 5.74) is 9.29. The number of ether oxygens (including phenoxy) is 1. The highest BCUT2D eigenvalue weighted by atomic mass is 35.5. The highest BCUT2D eigenvalue weighted by Crippen LogP contribution is 2.30. The molecule has 192 valence electrons. The summed E-state index contributed by atoms with van der Waals surface area (Å²) in [6.45, 7) is 1.32. The van der Waals surface area contributed by atoms with Crippen LogP contribution >= 0.6 is 34.8 Å². The van der Waals surface area contributed by atoms with Crippen molar-refractivity contribution < 1.29 is 23.5 Å². The zero-order valence-corrected chi connectivity index (χ0v) is 21.8. The minimum absolute atomic E-state index is 0.0303. The molecule has 0 atom stereocenters. The lowest BCUT2D eigenvalue weighted by atomic mass is 9.93. The summed E-state index contributed by atoms with van der Waals surface area (Å²) < 4.78 is 11.1. The van der Waals surface area contributed by atoms with Gasteiger partial charge < -0.3 is 9.15 Å². The lowest BCUT2D eigenvalue weighted by molar-refractivity contribution is -0.123. The number of hydrazone groups is 1. The predicted molar refractivity (Wildman–Crippen MR) is 139 cm³/mol. The minimum Gasteiger partial charge on any atom is -0.482 e. The third-order valence-electron chi connectivity index (χ3n) is 5.48. The Bertz CT molecular complexity index is 1400. The van der Waals surface area contributed by atoms with E-state index in [4.69, 9.17) is 44.0 Å². The van der Waals surface area contributed by atoms with Gasteiger partial charge in [0, 0.05) is 33.2 Å². The zero-order valence-electron chi connectivity index (χ0n) is 19.5. The van der Waals surface area contributed by atoms with Gasteiger partial charge in [0.25, 0.3) is 11.8 Å². The highest BCUT2D eigenvalue weighted by Gasteiger charge is 2.28. The maximum atomic E-state index is 12.7. The first kappa shape index (κ1) is 26.5. The van der Waals surface area contributed by atoms with Crippen molar-refractivity contribution in [3.63, 3.8) is 0 Å². The van der Waals surface area contributed by atoms with Crippen molar-refractivity contribution in [1.29, 1.82) is 0 Å². The van der Waals surface area contributed by atoms with Crippen LogP contribution in [0.1, 0.15) is 50.6 Å². The average Bonchev–Trinajstić information content (AvgIpc) is 3.22. The van der Waals surface area contributed by atoms with E-state index in [-0.39, 0.29) is 16.5 Å². The van der Waals surface area contributed by atoms with E-state index in [0.717, 1.165) is 6.42 Å². The van der Waals surface area contributed by atoms with Crippen LogP contribution in [0.5, 0.6) is 5.75 Å². The molecule has 1 aromatic heterocycles. The van der Waals surface area contributed by atoms with Gasteiger partial charge in [-0.05, 0) is 56.2 Å². The van der Waals surface area contributed by atoms with Crippen LogP contribution in [0.25, 0.3) is 0 Å².